The SMILES string of the molecule is CC/C=C\C/C=C\C/C=C\C/C=C\C/C=C\C/C=C\C/C=C\C/C=C\C/C=C\C/C=C\C/C=C\CCCCCCCCCC(=O)OC(COC(=O)CCCCC/C=C\C/C=C\C/C=C\C/C=C\C/C=C\C/C=C\C/C=C\C/C=C\C/C=C\CC)COP(=O)(O)OCCN. The molecular weight excluding hydrogens is 1170 g/mol. The lowest BCUT2D eigenvalue weighted by Crippen LogP contribution is -2.29. The molecule has 0 saturated heterocycles. The van der Waals surface area contributed by atoms with E-state index in [2.05, 4.69) is 257 Å². The summed E-state index contributed by atoms with van der Waals surface area (Å²) in [7, 11) is -4.43. The Balaban J connectivity index is 4.09. The van der Waals surface area contributed by atoms with Gasteiger partial charge in [-0.15, -0.1) is 0 Å². The predicted octanol–water partition coefficient (Wildman–Crippen LogP) is 24.0. The number of nitrogens with two attached hydrogens (primary N) is 1. The Labute approximate surface area is 567 Å². The van der Waals surface area contributed by atoms with Crippen LogP contribution in [0.5, 0.6) is 0 Å². The van der Waals surface area contributed by atoms with Crippen LogP contribution in [-0.4, -0.2) is 49.3 Å². The summed E-state index contributed by atoms with van der Waals surface area (Å²) in [5.74, 6) is -0.900. The topological polar surface area (TPSA) is 134 Å². The van der Waals surface area contributed by atoms with Crippen molar-refractivity contribution in [3.63, 3.8) is 0 Å². The van der Waals surface area contributed by atoms with E-state index >= 15 is 0 Å². The molecule has 2 atom stereocenters. The zero-order valence-electron chi connectivity index (χ0n) is 57.9. The van der Waals surface area contributed by atoms with Gasteiger partial charge in [-0.1, -0.05) is 295 Å². The molecular formula is C83H126NO8P. The van der Waals surface area contributed by atoms with E-state index in [1.165, 1.54) is 6.42 Å². The fourth-order valence-electron chi connectivity index (χ4n) is 8.57. The molecule has 3 N–H and O–H groups in total. The number of allylic oxidation sites excluding steroid dienone is 40. The summed E-state index contributed by atoms with van der Waals surface area (Å²) in [5.41, 5.74) is 5.40. The van der Waals surface area contributed by atoms with Gasteiger partial charge < -0.3 is 20.1 Å². The maximum atomic E-state index is 12.8. The van der Waals surface area contributed by atoms with Crippen LogP contribution >= 0.6 is 7.82 Å². The third kappa shape index (κ3) is 74.7. The Hall–Kier alpha value is -6.19. The van der Waals surface area contributed by atoms with E-state index in [9.17, 15) is 19.0 Å². The van der Waals surface area contributed by atoms with Crippen molar-refractivity contribution in [2.75, 3.05) is 26.4 Å². The molecule has 0 amide bonds. The van der Waals surface area contributed by atoms with Crippen molar-refractivity contribution < 1.29 is 37.6 Å². The number of carbonyl (C=O) groups excluding carboxylic acids is 2. The normalized spacial score (nSPS) is 14.4. The van der Waals surface area contributed by atoms with Crippen LogP contribution in [0.15, 0.2) is 243 Å². The number of carbonyl (C=O) groups is 2. The van der Waals surface area contributed by atoms with Gasteiger partial charge in [0.1, 0.15) is 6.61 Å². The van der Waals surface area contributed by atoms with Gasteiger partial charge in [0.05, 0.1) is 13.2 Å². The van der Waals surface area contributed by atoms with E-state index in [-0.39, 0.29) is 32.6 Å². The molecule has 2 unspecified atom stereocenters. The second-order valence-electron chi connectivity index (χ2n) is 22.3. The number of ether oxygens (including phenoxy) is 2. The molecule has 0 saturated carbocycles. The number of unbranched alkanes of at least 4 members (excludes halogenated alkanes) is 10. The summed E-state index contributed by atoms with van der Waals surface area (Å²) in [6.07, 6.45) is 120. The lowest BCUT2D eigenvalue weighted by atomic mass is 10.1. The van der Waals surface area contributed by atoms with Crippen molar-refractivity contribution in [3.05, 3.63) is 243 Å². The van der Waals surface area contributed by atoms with Crippen LogP contribution in [0.25, 0.3) is 0 Å². The van der Waals surface area contributed by atoms with Crippen molar-refractivity contribution in [1.29, 1.82) is 0 Å². The maximum absolute atomic E-state index is 12.8. The summed E-state index contributed by atoms with van der Waals surface area (Å²) in [6.45, 7) is 3.43. The smallest absolute Gasteiger partial charge is 0.462 e. The van der Waals surface area contributed by atoms with Gasteiger partial charge in [0.25, 0.3) is 0 Å². The van der Waals surface area contributed by atoms with Crippen molar-refractivity contribution in [1.82, 2.24) is 0 Å². The van der Waals surface area contributed by atoms with E-state index in [4.69, 9.17) is 24.3 Å². The first-order chi connectivity index (χ1) is 45.8. The van der Waals surface area contributed by atoms with E-state index in [1.807, 2.05) is 0 Å². The summed E-state index contributed by atoms with van der Waals surface area (Å²) in [6, 6.07) is 0. The fraction of sp³-hybridized carbons (Fsp3) is 0.494. The van der Waals surface area contributed by atoms with Crippen LogP contribution in [0.1, 0.15) is 232 Å². The van der Waals surface area contributed by atoms with Crippen LogP contribution in [-0.2, 0) is 32.7 Å². The number of esters is 2. The molecule has 0 heterocycles. The highest BCUT2D eigenvalue weighted by atomic mass is 31.2. The molecule has 0 aliphatic carbocycles. The molecule has 0 bridgehead atoms. The van der Waals surface area contributed by atoms with Crippen LogP contribution < -0.4 is 5.73 Å². The molecule has 0 aliphatic heterocycles. The third-order valence-corrected chi connectivity index (χ3v) is 14.7. The highest BCUT2D eigenvalue weighted by molar-refractivity contribution is 7.47. The summed E-state index contributed by atoms with van der Waals surface area (Å²) < 4.78 is 33.1. The largest absolute Gasteiger partial charge is 0.472 e. The molecule has 0 aliphatic rings. The number of hydrogen-bond donors (Lipinski definition) is 2. The maximum Gasteiger partial charge on any atom is 0.472 e. The van der Waals surface area contributed by atoms with Crippen LogP contribution in [0.3, 0.4) is 0 Å². The standard InChI is InChI=1S/C83H126NO8P/c1-3-5-7-9-11-13-15-17-19-21-23-25-27-29-31-33-35-36-37-38-39-40-41-42-43-44-46-48-50-52-54-56-58-60-62-64-66-68-70-72-74-76-83(86)92-81(80-91-93(87,88)90-78-77-84)79-89-82(85)75-73-71-69-67-65-63-61-59-57-55-53-51-49-47-45-34-32-30-28-26-24-22-20-18-16-14-12-10-8-6-4-2/h5-8,11-14,17-20,23-26,29-32,35-36,38-39,41-42,44-47,50-53,56-59,63,65,81H,3-4,9-10,15-16,21-22,27-28,33-34,37,40,43,48-49,54-55,60-62,64,66-80,84H2,1-2H3,(H,87,88)/b7-5-,8-6-,13-11-,14-12-,19-17-,20-18-,25-23-,26-24-,31-29-,32-30-,36-35-,39-38-,42-41-,46-44-,47-45-,52-50-,53-51-,58-56-,59-57-,65-63-. The van der Waals surface area contributed by atoms with Gasteiger partial charge in [0, 0.05) is 19.4 Å². The Morgan fingerprint density at radius 1 is 0.323 bits per heavy atom. The molecule has 0 radical (unpaired) electrons. The number of phosphoric acid groups is 1. The van der Waals surface area contributed by atoms with Crippen molar-refractivity contribution in [3.8, 4) is 0 Å². The van der Waals surface area contributed by atoms with Crippen LogP contribution in [0, 0.1) is 0 Å². The quantitative estimate of drug-likeness (QED) is 0.0264. The second-order valence-corrected chi connectivity index (χ2v) is 23.7. The molecule has 10 heteroatoms. The van der Waals surface area contributed by atoms with Crippen molar-refractivity contribution in [2.45, 2.75) is 238 Å². The minimum atomic E-state index is -4.43. The van der Waals surface area contributed by atoms with Gasteiger partial charge in [-0.2, -0.15) is 0 Å². The van der Waals surface area contributed by atoms with Gasteiger partial charge in [-0.3, -0.25) is 18.6 Å². The lowest BCUT2D eigenvalue weighted by molar-refractivity contribution is -0.161. The third-order valence-electron chi connectivity index (χ3n) is 13.7. The van der Waals surface area contributed by atoms with E-state index < -0.39 is 32.5 Å². The Morgan fingerprint density at radius 2 is 0.559 bits per heavy atom. The zero-order valence-corrected chi connectivity index (χ0v) is 58.8. The first-order valence-electron chi connectivity index (χ1n) is 35.5. The lowest BCUT2D eigenvalue weighted by Gasteiger charge is -2.19. The predicted molar refractivity (Wildman–Crippen MR) is 403 cm³/mol. The van der Waals surface area contributed by atoms with E-state index in [0.29, 0.717) is 12.8 Å². The highest BCUT2D eigenvalue weighted by Gasteiger charge is 2.26. The minimum Gasteiger partial charge on any atom is -0.462 e. The summed E-state index contributed by atoms with van der Waals surface area (Å²) in [4.78, 5) is 35.4. The molecule has 0 aromatic carbocycles. The molecule has 516 valence electrons. The van der Waals surface area contributed by atoms with Gasteiger partial charge in [0.2, 0.25) is 0 Å². The van der Waals surface area contributed by atoms with E-state index in [1.54, 1.807) is 0 Å². The van der Waals surface area contributed by atoms with Gasteiger partial charge in [0.15, 0.2) is 6.10 Å². The van der Waals surface area contributed by atoms with Crippen molar-refractivity contribution >= 4 is 19.8 Å². The molecule has 9 nitrogen and oxygen atoms in total. The average Bonchev–Trinajstić information content (AvgIpc) is 3.49. The zero-order chi connectivity index (χ0) is 67.2. The number of rotatable bonds is 63. The Kier molecular flexibility index (Phi) is 69.9. The Bertz CT molecular complexity index is 2430. The fourth-order valence-corrected chi connectivity index (χ4v) is 9.34. The Morgan fingerprint density at radius 3 is 0.839 bits per heavy atom. The second kappa shape index (κ2) is 74.8. The molecule has 0 spiro atoms. The van der Waals surface area contributed by atoms with E-state index in [0.717, 1.165) is 186 Å². The van der Waals surface area contributed by atoms with Gasteiger partial charge >= 0.3 is 19.8 Å². The molecule has 0 aromatic rings. The highest BCUT2D eigenvalue weighted by Crippen LogP contribution is 2.43. The summed E-state index contributed by atoms with van der Waals surface area (Å²) in [5, 5.41) is 0. The monoisotopic (exact) mass is 1300 g/mol. The minimum absolute atomic E-state index is 0.0328. The van der Waals surface area contributed by atoms with Crippen LogP contribution in [0.4, 0.5) is 0 Å². The molecule has 0 aromatic heterocycles. The van der Waals surface area contributed by atoms with Gasteiger partial charge in [-0.25, -0.2) is 4.57 Å². The average molecular weight is 1300 g/mol. The number of phosphoric ester groups is 1. The molecule has 93 heavy (non-hydrogen) atoms. The molecule has 0 rings (SSSR count). The number of hydrogen-bond acceptors (Lipinski definition) is 8. The van der Waals surface area contributed by atoms with Gasteiger partial charge in [-0.05, 0) is 167 Å². The van der Waals surface area contributed by atoms with Crippen molar-refractivity contribution in [2.24, 2.45) is 5.73 Å². The first-order valence-corrected chi connectivity index (χ1v) is 37.0. The van der Waals surface area contributed by atoms with Crippen LogP contribution in [0.2, 0.25) is 0 Å². The first kappa shape index (κ1) is 86.8. The summed E-state index contributed by atoms with van der Waals surface area (Å²) >= 11 is 0. The molecule has 0 fully saturated rings.